The molecule has 0 bridgehead atoms. The lowest BCUT2D eigenvalue weighted by molar-refractivity contribution is 0.862. The first-order chi connectivity index (χ1) is 12.2. The number of anilines is 1. The number of rotatable bonds is 8. The van der Waals surface area contributed by atoms with Gasteiger partial charge in [-0.05, 0) is 18.6 Å². The Hall–Kier alpha value is -2.68. The quantitative estimate of drug-likeness (QED) is 0.524. The molecule has 0 amide bonds. The van der Waals surface area contributed by atoms with Gasteiger partial charge in [0.05, 0.1) is 12.0 Å². The lowest BCUT2D eigenvalue weighted by Crippen LogP contribution is -2.20. The van der Waals surface area contributed by atoms with E-state index < -0.39 is 0 Å². The number of hydrogen-bond acceptors (Lipinski definition) is 7. The highest BCUT2D eigenvalue weighted by Gasteiger charge is 2.06. The van der Waals surface area contributed by atoms with Gasteiger partial charge in [-0.2, -0.15) is 21.8 Å². The molecular weight excluding hydrogens is 338 g/mol. The Labute approximate surface area is 148 Å². The molecule has 0 atom stereocenters. The highest BCUT2D eigenvalue weighted by atomic mass is 32.2. The third-order valence-corrected chi connectivity index (χ3v) is 4.53. The molecule has 3 N–H and O–H groups in total. The topological polar surface area (TPSA) is 112 Å². The van der Waals surface area contributed by atoms with Crippen LogP contribution in [0.2, 0.25) is 0 Å². The van der Waals surface area contributed by atoms with Gasteiger partial charge in [-0.25, -0.2) is 10.1 Å². The van der Waals surface area contributed by atoms with Crippen LogP contribution in [0, 0.1) is 6.92 Å². The van der Waals surface area contributed by atoms with Crippen LogP contribution in [-0.2, 0) is 12.2 Å². The molecule has 0 saturated carbocycles. The number of aromatic nitrogens is 6. The van der Waals surface area contributed by atoms with Crippen molar-refractivity contribution in [3.63, 3.8) is 0 Å². The van der Waals surface area contributed by atoms with Crippen molar-refractivity contribution in [1.29, 1.82) is 0 Å². The first-order valence-corrected chi connectivity index (χ1v) is 9.03. The average molecular weight is 357 g/mol. The standard InChI is InChI=1S/C16H19N7OS/c1-11-14(20-10-19-11)9-25-6-5-18-16-21-15(24)13(22-23-16)7-12-3-2-4-17-8-12/h2-4,8,10H,5-7,9H2,1H3,(H,19,20)(H2,18,21,23,24). The molecule has 0 saturated heterocycles. The van der Waals surface area contributed by atoms with E-state index in [0.717, 1.165) is 28.5 Å². The minimum absolute atomic E-state index is 0.329. The predicted octanol–water partition coefficient (Wildman–Crippen LogP) is 1.53. The fraction of sp³-hybridized carbons (Fsp3) is 0.312. The Kier molecular flexibility index (Phi) is 5.78. The molecule has 0 aliphatic heterocycles. The van der Waals surface area contributed by atoms with Gasteiger partial charge in [0, 0.05) is 42.6 Å². The Bertz CT molecular complexity index is 862. The first kappa shape index (κ1) is 17.2. The summed E-state index contributed by atoms with van der Waals surface area (Å²) < 4.78 is 0. The van der Waals surface area contributed by atoms with Gasteiger partial charge in [0.1, 0.15) is 5.69 Å². The molecule has 0 fully saturated rings. The number of aryl methyl sites for hydroxylation is 1. The highest BCUT2D eigenvalue weighted by Crippen LogP contribution is 2.12. The van der Waals surface area contributed by atoms with Crippen LogP contribution in [0.15, 0.2) is 35.6 Å². The smallest absolute Gasteiger partial charge is 0.296 e. The summed E-state index contributed by atoms with van der Waals surface area (Å²) in [5, 5.41) is 9.99. The van der Waals surface area contributed by atoms with Gasteiger partial charge in [-0.1, -0.05) is 6.07 Å². The molecule has 8 nitrogen and oxygen atoms in total. The number of pyridine rings is 1. The van der Waals surface area contributed by atoms with E-state index in [1.54, 1.807) is 30.5 Å². The van der Waals surface area contributed by atoms with Gasteiger partial charge in [-0.15, -0.1) is 0 Å². The number of aromatic amines is 2. The van der Waals surface area contributed by atoms with Gasteiger partial charge >= 0.3 is 0 Å². The number of nitrogens with zero attached hydrogens (tertiary/aromatic N) is 4. The second kappa shape index (κ2) is 8.43. The summed E-state index contributed by atoms with van der Waals surface area (Å²) in [5.74, 6) is 2.10. The maximum Gasteiger partial charge on any atom is 0.296 e. The van der Waals surface area contributed by atoms with E-state index in [0.29, 0.717) is 24.6 Å². The SMILES string of the molecule is Cc1[nH]cnc1CSCCNc1nc(=O)c(Cc2cccnc2)n[nH]1. The van der Waals surface area contributed by atoms with Crippen LogP contribution in [-0.4, -0.2) is 42.4 Å². The van der Waals surface area contributed by atoms with Crippen LogP contribution in [0.25, 0.3) is 0 Å². The highest BCUT2D eigenvalue weighted by molar-refractivity contribution is 7.98. The van der Waals surface area contributed by atoms with E-state index in [-0.39, 0.29) is 5.56 Å². The summed E-state index contributed by atoms with van der Waals surface area (Å²) in [7, 11) is 0. The molecule has 0 aromatic carbocycles. The third-order valence-electron chi connectivity index (χ3n) is 3.56. The van der Waals surface area contributed by atoms with E-state index in [1.165, 1.54) is 0 Å². The second-order valence-corrected chi connectivity index (χ2v) is 6.53. The summed E-state index contributed by atoms with van der Waals surface area (Å²) >= 11 is 1.76. The van der Waals surface area contributed by atoms with Crippen molar-refractivity contribution >= 4 is 17.7 Å². The minimum atomic E-state index is -0.329. The van der Waals surface area contributed by atoms with E-state index in [4.69, 9.17) is 0 Å². The summed E-state index contributed by atoms with van der Waals surface area (Å²) in [4.78, 5) is 27.4. The number of thioether (sulfide) groups is 1. The van der Waals surface area contributed by atoms with Crippen LogP contribution in [0.5, 0.6) is 0 Å². The van der Waals surface area contributed by atoms with Crippen molar-refractivity contribution in [1.82, 2.24) is 30.1 Å². The number of imidazole rings is 1. The van der Waals surface area contributed by atoms with Crippen molar-refractivity contribution in [3.8, 4) is 0 Å². The fourth-order valence-electron chi connectivity index (χ4n) is 2.19. The molecule has 0 spiro atoms. The number of H-pyrrole nitrogens is 2. The Morgan fingerprint density at radius 2 is 2.24 bits per heavy atom. The van der Waals surface area contributed by atoms with Gasteiger partial charge in [-0.3, -0.25) is 9.78 Å². The zero-order valence-corrected chi connectivity index (χ0v) is 14.6. The summed E-state index contributed by atoms with van der Waals surface area (Å²) in [6.07, 6.45) is 5.52. The largest absolute Gasteiger partial charge is 0.354 e. The van der Waals surface area contributed by atoms with Crippen molar-refractivity contribution in [3.05, 3.63) is 63.9 Å². The van der Waals surface area contributed by atoms with Crippen molar-refractivity contribution in [2.24, 2.45) is 0 Å². The van der Waals surface area contributed by atoms with Crippen molar-refractivity contribution < 1.29 is 0 Å². The van der Waals surface area contributed by atoms with E-state index >= 15 is 0 Å². The Morgan fingerprint density at radius 3 is 2.96 bits per heavy atom. The summed E-state index contributed by atoms with van der Waals surface area (Å²) in [6.45, 7) is 2.69. The summed E-state index contributed by atoms with van der Waals surface area (Å²) in [6, 6.07) is 3.73. The molecular formula is C16H19N7OS. The van der Waals surface area contributed by atoms with E-state index in [9.17, 15) is 4.79 Å². The molecule has 3 heterocycles. The average Bonchev–Trinajstić information content (AvgIpc) is 3.03. The first-order valence-electron chi connectivity index (χ1n) is 7.87. The monoisotopic (exact) mass is 357 g/mol. The molecule has 3 rings (SSSR count). The zero-order chi connectivity index (χ0) is 17.5. The molecule has 0 aliphatic rings. The van der Waals surface area contributed by atoms with Gasteiger partial charge in [0.25, 0.3) is 5.56 Å². The minimum Gasteiger partial charge on any atom is -0.354 e. The normalized spacial score (nSPS) is 10.8. The van der Waals surface area contributed by atoms with Gasteiger partial charge in [0.15, 0.2) is 0 Å². The van der Waals surface area contributed by atoms with Crippen LogP contribution in [0.4, 0.5) is 5.95 Å². The van der Waals surface area contributed by atoms with Crippen LogP contribution in [0.1, 0.15) is 22.6 Å². The number of hydrogen-bond donors (Lipinski definition) is 3. The van der Waals surface area contributed by atoms with Crippen molar-refractivity contribution in [2.45, 2.75) is 19.1 Å². The molecule has 0 radical (unpaired) electrons. The van der Waals surface area contributed by atoms with Gasteiger partial charge < -0.3 is 10.3 Å². The van der Waals surface area contributed by atoms with Crippen molar-refractivity contribution in [2.75, 3.05) is 17.6 Å². The number of nitrogens with one attached hydrogen (secondary N) is 3. The molecule has 0 unspecified atom stereocenters. The summed E-state index contributed by atoms with van der Waals surface area (Å²) in [5.41, 5.74) is 3.14. The van der Waals surface area contributed by atoms with E-state index in [1.807, 2.05) is 19.1 Å². The van der Waals surface area contributed by atoms with Crippen LogP contribution in [0.3, 0.4) is 0 Å². The maximum atomic E-state index is 12.1. The Morgan fingerprint density at radius 1 is 1.32 bits per heavy atom. The molecule has 25 heavy (non-hydrogen) atoms. The molecule has 3 aromatic rings. The lowest BCUT2D eigenvalue weighted by Gasteiger charge is -2.05. The van der Waals surface area contributed by atoms with Crippen LogP contribution < -0.4 is 10.9 Å². The van der Waals surface area contributed by atoms with Gasteiger partial charge in [0.2, 0.25) is 5.95 Å². The maximum absolute atomic E-state index is 12.1. The van der Waals surface area contributed by atoms with E-state index in [2.05, 4.69) is 35.5 Å². The Balaban J connectivity index is 1.46. The molecule has 9 heteroatoms. The lowest BCUT2D eigenvalue weighted by atomic mass is 10.2. The second-order valence-electron chi connectivity index (χ2n) is 5.43. The van der Waals surface area contributed by atoms with Crippen LogP contribution >= 0.6 is 11.8 Å². The fourth-order valence-corrected chi connectivity index (χ4v) is 3.07. The zero-order valence-electron chi connectivity index (χ0n) is 13.8. The molecule has 130 valence electrons. The molecule has 0 aliphatic carbocycles. The predicted molar refractivity (Wildman–Crippen MR) is 97.7 cm³/mol. The third kappa shape index (κ3) is 4.90. The molecule has 3 aromatic heterocycles.